The van der Waals surface area contributed by atoms with E-state index in [9.17, 15) is 4.79 Å². The first-order valence-electron chi connectivity index (χ1n) is 4.35. The van der Waals surface area contributed by atoms with Gasteiger partial charge in [-0.05, 0) is 19.4 Å². The molecular formula is C8H13NO3. The van der Waals surface area contributed by atoms with Gasteiger partial charge in [0.05, 0.1) is 19.3 Å². The molecule has 4 nitrogen and oxygen atoms in total. The van der Waals surface area contributed by atoms with Crippen LogP contribution in [0.25, 0.3) is 0 Å². The topological polar surface area (TPSA) is 49.8 Å². The molecule has 0 saturated carbocycles. The zero-order valence-corrected chi connectivity index (χ0v) is 6.90. The van der Waals surface area contributed by atoms with Gasteiger partial charge in [0, 0.05) is 0 Å². The first-order chi connectivity index (χ1) is 5.79. The summed E-state index contributed by atoms with van der Waals surface area (Å²) in [5, 5.41) is 8.87. The number of aliphatic carboxylic acids is 1. The van der Waals surface area contributed by atoms with Gasteiger partial charge in [-0.3, -0.25) is 9.69 Å². The van der Waals surface area contributed by atoms with E-state index in [4.69, 9.17) is 9.84 Å². The van der Waals surface area contributed by atoms with E-state index in [1.165, 1.54) is 0 Å². The average molecular weight is 171 g/mol. The highest BCUT2D eigenvalue weighted by molar-refractivity contribution is 5.73. The predicted octanol–water partition coefficient (Wildman–Crippen LogP) is -0.0658. The Labute approximate surface area is 71.1 Å². The Morgan fingerprint density at radius 1 is 1.50 bits per heavy atom. The highest BCUT2D eigenvalue weighted by Crippen LogP contribution is 2.23. The summed E-state index contributed by atoms with van der Waals surface area (Å²) in [7, 11) is 0. The second kappa shape index (κ2) is 3.03. The minimum absolute atomic E-state index is 0.251. The van der Waals surface area contributed by atoms with Crippen molar-refractivity contribution in [2.75, 3.05) is 19.8 Å². The predicted molar refractivity (Wildman–Crippen MR) is 42.0 cm³/mol. The SMILES string of the molecule is O=C(O)[C@@H]1CCCN1C1COC1. The highest BCUT2D eigenvalue weighted by atomic mass is 16.5. The third kappa shape index (κ3) is 1.21. The van der Waals surface area contributed by atoms with E-state index in [1.807, 2.05) is 0 Å². The monoisotopic (exact) mass is 171 g/mol. The van der Waals surface area contributed by atoms with Crippen molar-refractivity contribution in [1.29, 1.82) is 0 Å². The van der Waals surface area contributed by atoms with Crippen molar-refractivity contribution in [3.05, 3.63) is 0 Å². The lowest BCUT2D eigenvalue weighted by Crippen LogP contribution is -2.52. The molecule has 4 heteroatoms. The fourth-order valence-electron chi connectivity index (χ4n) is 1.91. The maximum absolute atomic E-state index is 10.8. The Balaban J connectivity index is 1.98. The number of carbonyl (C=O) groups is 1. The van der Waals surface area contributed by atoms with Crippen LogP contribution in [0.1, 0.15) is 12.8 Å². The summed E-state index contributed by atoms with van der Waals surface area (Å²) in [6, 6.07) is 0.118. The smallest absolute Gasteiger partial charge is 0.320 e. The molecule has 2 aliphatic rings. The lowest BCUT2D eigenvalue weighted by Gasteiger charge is -2.36. The van der Waals surface area contributed by atoms with E-state index in [2.05, 4.69) is 4.90 Å². The summed E-state index contributed by atoms with van der Waals surface area (Å²) in [4.78, 5) is 12.8. The van der Waals surface area contributed by atoms with Crippen LogP contribution < -0.4 is 0 Å². The highest BCUT2D eigenvalue weighted by Gasteiger charge is 2.38. The molecule has 2 fully saturated rings. The standard InChI is InChI=1S/C8H13NO3/c10-8(11)7-2-1-3-9(7)6-4-12-5-6/h6-7H,1-5H2,(H,10,11)/t7-/m0/s1. The van der Waals surface area contributed by atoms with Gasteiger partial charge < -0.3 is 9.84 Å². The molecule has 2 aliphatic heterocycles. The van der Waals surface area contributed by atoms with Crippen molar-refractivity contribution < 1.29 is 14.6 Å². The van der Waals surface area contributed by atoms with Crippen molar-refractivity contribution in [2.24, 2.45) is 0 Å². The van der Waals surface area contributed by atoms with Crippen LogP contribution in [-0.4, -0.2) is 47.8 Å². The Kier molecular flexibility index (Phi) is 2.02. The van der Waals surface area contributed by atoms with Crippen LogP contribution in [0.3, 0.4) is 0 Å². The van der Waals surface area contributed by atoms with Crippen LogP contribution in [0.4, 0.5) is 0 Å². The van der Waals surface area contributed by atoms with Gasteiger partial charge in [0.25, 0.3) is 0 Å². The number of ether oxygens (including phenoxy) is 1. The maximum Gasteiger partial charge on any atom is 0.320 e. The number of carboxylic acid groups (broad SMARTS) is 1. The zero-order valence-electron chi connectivity index (χ0n) is 6.90. The van der Waals surface area contributed by atoms with Crippen LogP contribution in [0.2, 0.25) is 0 Å². The molecule has 0 aromatic rings. The van der Waals surface area contributed by atoms with Crippen LogP contribution in [0, 0.1) is 0 Å². The van der Waals surface area contributed by atoms with E-state index in [0.717, 1.165) is 19.4 Å². The largest absolute Gasteiger partial charge is 0.480 e. The maximum atomic E-state index is 10.8. The number of rotatable bonds is 2. The molecule has 0 aromatic heterocycles. The molecule has 1 N–H and O–H groups in total. The molecule has 2 rings (SSSR count). The average Bonchev–Trinajstić information content (AvgIpc) is 2.31. The molecule has 0 bridgehead atoms. The van der Waals surface area contributed by atoms with Crippen molar-refractivity contribution >= 4 is 5.97 Å². The normalized spacial score (nSPS) is 31.8. The second-order valence-corrected chi connectivity index (χ2v) is 3.43. The Hall–Kier alpha value is -0.610. The van der Waals surface area contributed by atoms with Gasteiger partial charge in [-0.2, -0.15) is 0 Å². The third-order valence-corrected chi connectivity index (χ3v) is 2.67. The van der Waals surface area contributed by atoms with Crippen molar-refractivity contribution in [2.45, 2.75) is 24.9 Å². The molecule has 2 heterocycles. The molecule has 1 atom stereocenters. The summed E-state index contributed by atoms with van der Waals surface area (Å²) < 4.78 is 5.04. The first kappa shape index (κ1) is 8.01. The number of hydrogen-bond donors (Lipinski definition) is 1. The van der Waals surface area contributed by atoms with Gasteiger partial charge in [0.1, 0.15) is 6.04 Å². The summed E-state index contributed by atoms with van der Waals surface area (Å²) in [5.41, 5.74) is 0. The molecule has 0 unspecified atom stereocenters. The van der Waals surface area contributed by atoms with Crippen molar-refractivity contribution in [3.8, 4) is 0 Å². The molecule has 0 amide bonds. The van der Waals surface area contributed by atoms with E-state index in [0.29, 0.717) is 19.3 Å². The van der Waals surface area contributed by atoms with E-state index >= 15 is 0 Å². The fourth-order valence-corrected chi connectivity index (χ4v) is 1.91. The number of nitrogens with zero attached hydrogens (tertiary/aromatic N) is 1. The number of hydrogen-bond acceptors (Lipinski definition) is 3. The van der Waals surface area contributed by atoms with Gasteiger partial charge in [0.15, 0.2) is 0 Å². The van der Waals surface area contributed by atoms with Gasteiger partial charge in [0.2, 0.25) is 0 Å². The van der Waals surface area contributed by atoms with Crippen molar-refractivity contribution in [1.82, 2.24) is 4.90 Å². The van der Waals surface area contributed by atoms with Crippen LogP contribution in [-0.2, 0) is 9.53 Å². The third-order valence-electron chi connectivity index (χ3n) is 2.67. The molecule has 0 aliphatic carbocycles. The zero-order chi connectivity index (χ0) is 8.55. The van der Waals surface area contributed by atoms with E-state index < -0.39 is 5.97 Å². The van der Waals surface area contributed by atoms with Gasteiger partial charge >= 0.3 is 5.97 Å². The minimum Gasteiger partial charge on any atom is -0.480 e. The van der Waals surface area contributed by atoms with Gasteiger partial charge in [-0.1, -0.05) is 0 Å². The number of likely N-dealkylation sites (tertiary alicyclic amines) is 1. The van der Waals surface area contributed by atoms with Crippen LogP contribution in [0.15, 0.2) is 0 Å². The van der Waals surface area contributed by atoms with E-state index in [1.54, 1.807) is 0 Å². The van der Waals surface area contributed by atoms with Gasteiger partial charge in [-0.15, -0.1) is 0 Å². The molecule has 2 saturated heterocycles. The first-order valence-corrected chi connectivity index (χ1v) is 4.35. The van der Waals surface area contributed by atoms with Crippen LogP contribution >= 0.6 is 0 Å². The molecule has 0 spiro atoms. The van der Waals surface area contributed by atoms with E-state index in [-0.39, 0.29) is 6.04 Å². The fraction of sp³-hybridized carbons (Fsp3) is 0.875. The lowest BCUT2D eigenvalue weighted by molar-refractivity contribution is -0.147. The summed E-state index contributed by atoms with van der Waals surface area (Å²) in [5.74, 6) is -0.681. The Bertz CT molecular complexity index is 191. The molecule has 12 heavy (non-hydrogen) atoms. The molecular weight excluding hydrogens is 158 g/mol. The molecule has 0 radical (unpaired) electrons. The minimum atomic E-state index is -0.681. The quantitative estimate of drug-likeness (QED) is 0.632. The lowest BCUT2D eigenvalue weighted by atomic mass is 10.1. The molecule has 0 aromatic carbocycles. The van der Waals surface area contributed by atoms with Gasteiger partial charge in [-0.25, -0.2) is 0 Å². The Morgan fingerprint density at radius 3 is 2.75 bits per heavy atom. The second-order valence-electron chi connectivity index (χ2n) is 3.43. The Morgan fingerprint density at radius 2 is 2.25 bits per heavy atom. The summed E-state index contributed by atoms with van der Waals surface area (Å²) in [6.07, 6.45) is 1.80. The summed E-state index contributed by atoms with van der Waals surface area (Å²) in [6.45, 7) is 2.35. The van der Waals surface area contributed by atoms with Crippen molar-refractivity contribution in [3.63, 3.8) is 0 Å². The summed E-state index contributed by atoms with van der Waals surface area (Å²) >= 11 is 0. The molecule has 68 valence electrons. The van der Waals surface area contributed by atoms with Crippen LogP contribution in [0.5, 0.6) is 0 Å². The number of carboxylic acids is 1.